The molecule has 19 heavy (non-hydrogen) atoms. The van der Waals surface area contributed by atoms with Gasteiger partial charge in [0.05, 0.1) is 0 Å². The number of nitrogens with two attached hydrogens (primary N) is 1. The van der Waals surface area contributed by atoms with Gasteiger partial charge in [-0.1, -0.05) is 41.9 Å². The van der Waals surface area contributed by atoms with Gasteiger partial charge in [0.2, 0.25) is 0 Å². The average molecular weight is 320 g/mol. The third-order valence-corrected chi connectivity index (χ3v) is 4.00. The van der Waals surface area contributed by atoms with Gasteiger partial charge in [-0.3, -0.25) is 0 Å². The standard InChI is InChI=1S/C15H18BrN3/c1-9(2)15-18-13(10-4-3-5-11(16)8-10)14(17)19(15)12-6-7-12/h3-5,8-9,12H,6-7,17H2,1-2H3. The van der Waals surface area contributed by atoms with Crippen molar-refractivity contribution in [3.63, 3.8) is 0 Å². The molecule has 2 aromatic rings. The lowest BCUT2D eigenvalue weighted by Crippen LogP contribution is -2.06. The zero-order valence-corrected chi connectivity index (χ0v) is 12.8. The molecule has 0 amide bonds. The molecule has 1 aromatic carbocycles. The van der Waals surface area contributed by atoms with E-state index in [0.717, 1.165) is 27.4 Å². The number of benzene rings is 1. The zero-order valence-electron chi connectivity index (χ0n) is 11.2. The van der Waals surface area contributed by atoms with Crippen molar-refractivity contribution in [2.75, 3.05) is 5.73 Å². The minimum Gasteiger partial charge on any atom is -0.383 e. The highest BCUT2D eigenvalue weighted by Gasteiger charge is 2.30. The van der Waals surface area contributed by atoms with E-state index in [-0.39, 0.29) is 0 Å². The maximum Gasteiger partial charge on any atom is 0.132 e. The predicted octanol–water partition coefficient (Wildman–Crippen LogP) is 4.35. The fourth-order valence-electron chi connectivity index (χ4n) is 2.44. The van der Waals surface area contributed by atoms with Crippen molar-refractivity contribution in [2.45, 2.75) is 38.6 Å². The first kappa shape index (κ1) is 12.7. The lowest BCUT2D eigenvalue weighted by molar-refractivity contribution is 0.646. The smallest absolute Gasteiger partial charge is 0.132 e. The summed E-state index contributed by atoms with van der Waals surface area (Å²) in [6, 6.07) is 8.72. The highest BCUT2D eigenvalue weighted by molar-refractivity contribution is 9.10. The van der Waals surface area contributed by atoms with Crippen LogP contribution in [0.4, 0.5) is 5.82 Å². The molecular weight excluding hydrogens is 302 g/mol. The maximum atomic E-state index is 6.35. The second-order valence-electron chi connectivity index (χ2n) is 5.47. The first-order chi connectivity index (χ1) is 9.08. The Morgan fingerprint density at radius 1 is 1.37 bits per heavy atom. The van der Waals surface area contributed by atoms with Gasteiger partial charge in [-0.25, -0.2) is 4.98 Å². The number of aromatic nitrogens is 2. The minimum absolute atomic E-state index is 0.392. The van der Waals surface area contributed by atoms with E-state index in [0.29, 0.717) is 12.0 Å². The van der Waals surface area contributed by atoms with E-state index in [9.17, 15) is 0 Å². The van der Waals surface area contributed by atoms with Crippen LogP contribution in [0.15, 0.2) is 28.7 Å². The summed E-state index contributed by atoms with van der Waals surface area (Å²) in [7, 11) is 0. The van der Waals surface area contributed by atoms with E-state index in [1.54, 1.807) is 0 Å². The summed E-state index contributed by atoms with van der Waals surface area (Å²) in [5.74, 6) is 2.31. The molecule has 0 spiro atoms. The molecule has 4 heteroatoms. The predicted molar refractivity (Wildman–Crippen MR) is 82.1 cm³/mol. The van der Waals surface area contributed by atoms with E-state index in [1.807, 2.05) is 12.1 Å². The van der Waals surface area contributed by atoms with Gasteiger partial charge in [-0.2, -0.15) is 0 Å². The molecule has 1 aliphatic rings. The molecule has 3 nitrogen and oxygen atoms in total. The van der Waals surface area contributed by atoms with Crippen LogP contribution in [-0.2, 0) is 0 Å². The normalized spacial score (nSPS) is 15.2. The third kappa shape index (κ3) is 2.29. The van der Waals surface area contributed by atoms with Crippen LogP contribution >= 0.6 is 15.9 Å². The molecule has 0 atom stereocenters. The Bertz CT molecular complexity index is 612. The van der Waals surface area contributed by atoms with Crippen molar-refractivity contribution in [2.24, 2.45) is 0 Å². The first-order valence-electron chi connectivity index (χ1n) is 6.71. The molecule has 0 aliphatic heterocycles. The van der Waals surface area contributed by atoms with Gasteiger partial charge in [0, 0.05) is 22.0 Å². The molecule has 1 fully saturated rings. The van der Waals surface area contributed by atoms with Crippen LogP contribution in [0.5, 0.6) is 0 Å². The van der Waals surface area contributed by atoms with Gasteiger partial charge in [-0.15, -0.1) is 0 Å². The number of imidazole rings is 1. The summed E-state index contributed by atoms with van der Waals surface area (Å²) in [6.07, 6.45) is 2.44. The van der Waals surface area contributed by atoms with Gasteiger partial charge in [0.1, 0.15) is 17.3 Å². The van der Waals surface area contributed by atoms with Crippen molar-refractivity contribution in [3.8, 4) is 11.3 Å². The van der Waals surface area contributed by atoms with Crippen LogP contribution < -0.4 is 5.73 Å². The van der Waals surface area contributed by atoms with E-state index < -0.39 is 0 Å². The van der Waals surface area contributed by atoms with Crippen LogP contribution in [0.1, 0.15) is 44.5 Å². The molecule has 100 valence electrons. The Kier molecular flexibility index (Phi) is 3.13. The summed E-state index contributed by atoms with van der Waals surface area (Å²) < 4.78 is 3.29. The average Bonchev–Trinajstić information content (AvgIpc) is 3.12. The molecular formula is C15H18BrN3. The Labute approximate surface area is 122 Å². The van der Waals surface area contributed by atoms with Gasteiger partial charge in [0.15, 0.2) is 0 Å². The van der Waals surface area contributed by atoms with E-state index in [1.165, 1.54) is 12.8 Å². The second-order valence-corrected chi connectivity index (χ2v) is 6.39. The van der Waals surface area contributed by atoms with Crippen LogP contribution in [-0.4, -0.2) is 9.55 Å². The van der Waals surface area contributed by atoms with Gasteiger partial charge >= 0.3 is 0 Å². The summed E-state index contributed by atoms with van der Waals surface area (Å²) in [5.41, 5.74) is 8.34. The number of hydrogen-bond donors (Lipinski definition) is 1. The van der Waals surface area contributed by atoms with Crippen LogP contribution in [0, 0.1) is 0 Å². The van der Waals surface area contributed by atoms with Gasteiger partial charge in [-0.05, 0) is 25.0 Å². The second kappa shape index (κ2) is 4.67. The van der Waals surface area contributed by atoms with Gasteiger partial charge < -0.3 is 10.3 Å². The lowest BCUT2D eigenvalue weighted by Gasteiger charge is -2.10. The van der Waals surface area contributed by atoms with Crippen molar-refractivity contribution in [1.29, 1.82) is 0 Å². The molecule has 1 aromatic heterocycles. The fourth-order valence-corrected chi connectivity index (χ4v) is 2.83. The molecule has 1 saturated carbocycles. The molecule has 0 bridgehead atoms. The molecule has 0 saturated heterocycles. The molecule has 0 radical (unpaired) electrons. The Morgan fingerprint density at radius 3 is 2.68 bits per heavy atom. The third-order valence-electron chi connectivity index (χ3n) is 3.50. The van der Waals surface area contributed by atoms with Crippen molar-refractivity contribution < 1.29 is 0 Å². The zero-order chi connectivity index (χ0) is 13.6. The highest BCUT2D eigenvalue weighted by Crippen LogP contribution is 2.42. The summed E-state index contributed by atoms with van der Waals surface area (Å²) in [4.78, 5) is 4.80. The largest absolute Gasteiger partial charge is 0.383 e. The van der Waals surface area contributed by atoms with Crippen LogP contribution in [0.25, 0.3) is 11.3 Å². The quantitative estimate of drug-likeness (QED) is 0.913. The molecule has 1 heterocycles. The molecule has 3 rings (SSSR count). The molecule has 2 N–H and O–H groups in total. The Balaban J connectivity index is 2.14. The van der Waals surface area contributed by atoms with Crippen molar-refractivity contribution in [1.82, 2.24) is 9.55 Å². The maximum absolute atomic E-state index is 6.35. The van der Waals surface area contributed by atoms with E-state index in [2.05, 4.69) is 46.5 Å². The monoisotopic (exact) mass is 319 g/mol. The van der Waals surface area contributed by atoms with Crippen molar-refractivity contribution >= 4 is 21.7 Å². The van der Waals surface area contributed by atoms with Gasteiger partial charge in [0.25, 0.3) is 0 Å². The Morgan fingerprint density at radius 2 is 2.11 bits per heavy atom. The topological polar surface area (TPSA) is 43.8 Å². The SMILES string of the molecule is CC(C)c1nc(-c2cccc(Br)c2)c(N)n1C1CC1. The number of hydrogen-bond acceptors (Lipinski definition) is 2. The Hall–Kier alpha value is -1.29. The van der Waals surface area contributed by atoms with E-state index >= 15 is 0 Å². The fraction of sp³-hybridized carbons (Fsp3) is 0.400. The lowest BCUT2D eigenvalue weighted by atomic mass is 10.1. The summed E-state index contributed by atoms with van der Waals surface area (Å²) in [6.45, 7) is 4.34. The van der Waals surface area contributed by atoms with Crippen LogP contribution in [0.3, 0.4) is 0 Å². The summed E-state index contributed by atoms with van der Waals surface area (Å²) in [5, 5.41) is 0. The van der Waals surface area contributed by atoms with E-state index in [4.69, 9.17) is 10.7 Å². The minimum atomic E-state index is 0.392. The van der Waals surface area contributed by atoms with Crippen molar-refractivity contribution in [3.05, 3.63) is 34.6 Å². The highest BCUT2D eigenvalue weighted by atomic mass is 79.9. The molecule has 1 aliphatic carbocycles. The number of anilines is 1. The number of rotatable bonds is 3. The molecule has 0 unspecified atom stereocenters. The number of nitrogens with zero attached hydrogens (tertiary/aromatic N) is 2. The number of halogens is 1. The number of nitrogen functional groups attached to an aromatic ring is 1. The summed E-state index contributed by atoms with van der Waals surface area (Å²) >= 11 is 3.50. The van der Waals surface area contributed by atoms with Crippen LogP contribution in [0.2, 0.25) is 0 Å². The first-order valence-corrected chi connectivity index (χ1v) is 7.50.